The Hall–Kier alpha value is -0.650. The molecule has 5 heteroatoms. The van der Waals surface area contributed by atoms with Crippen LogP contribution in [-0.4, -0.2) is 48.6 Å². The van der Waals surface area contributed by atoms with Crippen LogP contribution in [0.2, 0.25) is 0 Å². The van der Waals surface area contributed by atoms with Crippen LogP contribution >= 0.6 is 0 Å². The number of carboxylic acids is 1. The van der Waals surface area contributed by atoms with Gasteiger partial charge >= 0.3 is 5.97 Å². The van der Waals surface area contributed by atoms with Crippen molar-refractivity contribution >= 4 is 5.97 Å². The Morgan fingerprint density at radius 1 is 1.60 bits per heavy atom. The first kappa shape index (κ1) is 12.4. The number of methoxy groups -OCH3 is 1. The molecule has 5 nitrogen and oxygen atoms in total. The standard InChI is InChI=1S/C10H19NO4/c1-10(2,5-15-3)7-6(12)4-11-8(7)9(13)14/h6-8,11-12H,4-5H2,1-3H3,(H,13,14). The number of hydrogen-bond acceptors (Lipinski definition) is 4. The summed E-state index contributed by atoms with van der Waals surface area (Å²) < 4.78 is 5.06. The van der Waals surface area contributed by atoms with Crippen LogP contribution in [0.1, 0.15) is 13.8 Å². The Bertz CT molecular complexity index is 242. The largest absolute Gasteiger partial charge is 0.480 e. The van der Waals surface area contributed by atoms with Gasteiger partial charge in [0.2, 0.25) is 0 Å². The zero-order chi connectivity index (χ0) is 11.6. The molecule has 1 fully saturated rings. The minimum absolute atomic E-state index is 0.324. The van der Waals surface area contributed by atoms with Crippen molar-refractivity contribution in [1.29, 1.82) is 0 Å². The van der Waals surface area contributed by atoms with Gasteiger partial charge in [0.05, 0.1) is 12.7 Å². The fourth-order valence-corrected chi connectivity index (χ4v) is 2.40. The summed E-state index contributed by atoms with van der Waals surface area (Å²) in [4.78, 5) is 11.0. The number of carbonyl (C=O) groups is 1. The van der Waals surface area contributed by atoms with Gasteiger partial charge in [-0.15, -0.1) is 0 Å². The lowest BCUT2D eigenvalue weighted by atomic mass is 9.74. The van der Waals surface area contributed by atoms with Crippen molar-refractivity contribution < 1.29 is 19.7 Å². The number of rotatable bonds is 4. The first-order chi connectivity index (χ1) is 6.90. The highest BCUT2D eigenvalue weighted by molar-refractivity contribution is 5.74. The van der Waals surface area contributed by atoms with Crippen LogP contribution in [0, 0.1) is 11.3 Å². The van der Waals surface area contributed by atoms with Gasteiger partial charge in [0.15, 0.2) is 0 Å². The van der Waals surface area contributed by atoms with Crippen LogP contribution in [0.3, 0.4) is 0 Å². The van der Waals surface area contributed by atoms with Gasteiger partial charge in [-0.2, -0.15) is 0 Å². The maximum atomic E-state index is 11.0. The number of aliphatic carboxylic acids is 1. The zero-order valence-corrected chi connectivity index (χ0v) is 9.36. The van der Waals surface area contributed by atoms with Gasteiger partial charge in [0.1, 0.15) is 6.04 Å². The van der Waals surface area contributed by atoms with E-state index in [-0.39, 0.29) is 11.3 Å². The molecule has 1 aliphatic rings. The van der Waals surface area contributed by atoms with Gasteiger partial charge in [-0.25, -0.2) is 0 Å². The summed E-state index contributed by atoms with van der Waals surface area (Å²) in [7, 11) is 1.58. The monoisotopic (exact) mass is 217 g/mol. The first-order valence-electron chi connectivity index (χ1n) is 5.03. The average Bonchev–Trinajstić information content (AvgIpc) is 2.47. The SMILES string of the molecule is COCC(C)(C)C1C(O)CNC1C(=O)O. The lowest BCUT2D eigenvalue weighted by Gasteiger charge is -2.34. The molecule has 3 N–H and O–H groups in total. The smallest absolute Gasteiger partial charge is 0.321 e. The third-order valence-electron chi connectivity index (χ3n) is 3.01. The summed E-state index contributed by atoms with van der Waals surface area (Å²) in [6.45, 7) is 4.58. The van der Waals surface area contributed by atoms with E-state index >= 15 is 0 Å². The van der Waals surface area contributed by atoms with Gasteiger partial charge in [-0.3, -0.25) is 4.79 Å². The van der Waals surface area contributed by atoms with Crippen molar-refractivity contribution in [2.24, 2.45) is 11.3 Å². The molecule has 0 amide bonds. The number of β-amino-alcohol motifs (C(OH)–C–C–N with tert-alkyl or cyclic N) is 1. The molecule has 0 radical (unpaired) electrons. The number of hydrogen-bond donors (Lipinski definition) is 3. The Morgan fingerprint density at radius 2 is 2.20 bits per heavy atom. The van der Waals surface area contributed by atoms with E-state index in [4.69, 9.17) is 9.84 Å². The van der Waals surface area contributed by atoms with Gasteiger partial charge in [-0.05, 0) is 5.41 Å². The Balaban J connectivity index is 2.83. The second-order valence-corrected chi connectivity index (χ2v) is 4.74. The zero-order valence-electron chi connectivity index (χ0n) is 9.36. The summed E-state index contributed by atoms with van der Waals surface area (Å²) in [5, 5.41) is 21.6. The molecule has 1 saturated heterocycles. The lowest BCUT2D eigenvalue weighted by molar-refractivity contribution is -0.142. The molecule has 15 heavy (non-hydrogen) atoms. The van der Waals surface area contributed by atoms with Crippen molar-refractivity contribution in [3.05, 3.63) is 0 Å². The summed E-state index contributed by atoms with van der Waals surface area (Å²) in [5.41, 5.74) is -0.360. The van der Waals surface area contributed by atoms with Crippen LogP contribution in [0.15, 0.2) is 0 Å². The molecule has 0 bridgehead atoms. The van der Waals surface area contributed by atoms with Crippen LogP contribution in [0.4, 0.5) is 0 Å². The topological polar surface area (TPSA) is 78.8 Å². The average molecular weight is 217 g/mol. The van der Waals surface area contributed by atoms with E-state index in [1.54, 1.807) is 7.11 Å². The van der Waals surface area contributed by atoms with Crippen LogP contribution < -0.4 is 5.32 Å². The summed E-state index contributed by atoms with van der Waals surface area (Å²) >= 11 is 0. The first-order valence-corrected chi connectivity index (χ1v) is 5.03. The van der Waals surface area contributed by atoms with Crippen molar-refractivity contribution in [1.82, 2.24) is 5.32 Å². The van der Waals surface area contributed by atoms with Crippen molar-refractivity contribution in [2.75, 3.05) is 20.3 Å². The molecule has 1 heterocycles. The third kappa shape index (κ3) is 2.48. The van der Waals surface area contributed by atoms with Crippen LogP contribution in [0.5, 0.6) is 0 Å². The van der Waals surface area contributed by atoms with Crippen LogP contribution in [-0.2, 0) is 9.53 Å². The normalized spacial score (nSPS) is 31.9. The molecular weight excluding hydrogens is 198 g/mol. The fraction of sp³-hybridized carbons (Fsp3) is 0.900. The molecule has 3 unspecified atom stereocenters. The molecule has 3 atom stereocenters. The van der Waals surface area contributed by atoms with Crippen molar-refractivity contribution in [3.63, 3.8) is 0 Å². The van der Waals surface area contributed by atoms with Gasteiger partial charge < -0.3 is 20.3 Å². The minimum Gasteiger partial charge on any atom is -0.480 e. The molecule has 1 rings (SSSR count). The summed E-state index contributed by atoms with van der Waals surface area (Å²) in [6.07, 6.45) is -0.628. The Morgan fingerprint density at radius 3 is 2.67 bits per heavy atom. The van der Waals surface area contributed by atoms with Crippen molar-refractivity contribution in [3.8, 4) is 0 Å². The molecular formula is C10H19NO4. The second-order valence-electron chi connectivity index (χ2n) is 4.74. The number of nitrogens with one attached hydrogen (secondary N) is 1. The molecule has 88 valence electrons. The molecule has 0 saturated carbocycles. The lowest BCUT2D eigenvalue weighted by Crippen LogP contribution is -2.45. The predicted octanol–water partition coefficient (Wildman–Crippen LogP) is -0.307. The number of aliphatic hydroxyl groups is 1. The second kappa shape index (κ2) is 4.47. The molecule has 0 aliphatic carbocycles. The highest BCUT2D eigenvalue weighted by atomic mass is 16.5. The minimum atomic E-state index is -0.916. The van der Waals surface area contributed by atoms with E-state index < -0.39 is 18.1 Å². The molecule has 0 aromatic carbocycles. The quantitative estimate of drug-likeness (QED) is 0.602. The highest BCUT2D eigenvalue weighted by Crippen LogP contribution is 2.35. The number of aliphatic hydroxyl groups excluding tert-OH is 1. The van der Waals surface area contributed by atoms with E-state index in [2.05, 4.69) is 5.32 Å². The predicted molar refractivity (Wildman–Crippen MR) is 54.6 cm³/mol. The summed E-state index contributed by atoms with van der Waals surface area (Å²) in [6, 6.07) is -0.690. The van der Waals surface area contributed by atoms with Gasteiger partial charge in [0, 0.05) is 19.6 Å². The van der Waals surface area contributed by atoms with E-state index in [1.807, 2.05) is 13.8 Å². The van der Waals surface area contributed by atoms with Crippen LogP contribution in [0.25, 0.3) is 0 Å². The molecule has 0 aromatic heterocycles. The molecule has 1 aliphatic heterocycles. The summed E-state index contributed by atoms with van der Waals surface area (Å²) in [5.74, 6) is -1.24. The maximum Gasteiger partial charge on any atom is 0.321 e. The van der Waals surface area contributed by atoms with E-state index in [0.29, 0.717) is 13.2 Å². The van der Waals surface area contributed by atoms with Crippen molar-refractivity contribution in [2.45, 2.75) is 26.0 Å². The Kier molecular flexibility index (Phi) is 3.70. The highest BCUT2D eigenvalue weighted by Gasteiger charge is 2.47. The van der Waals surface area contributed by atoms with E-state index in [0.717, 1.165) is 0 Å². The molecule has 0 aromatic rings. The van der Waals surface area contributed by atoms with Gasteiger partial charge in [0.25, 0.3) is 0 Å². The molecule has 0 spiro atoms. The van der Waals surface area contributed by atoms with E-state index in [1.165, 1.54) is 0 Å². The fourth-order valence-electron chi connectivity index (χ4n) is 2.40. The Labute approximate surface area is 89.4 Å². The maximum absolute atomic E-state index is 11.0. The number of carboxylic acid groups (broad SMARTS) is 1. The van der Waals surface area contributed by atoms with Gasteiger partial charge in [-0.1, -0.05) is 13.8 Å². The number of ether oxygens (including phenoxy) is 1. The van der Waals surface area contributed by atoms with E-state index in [9.17, 15) is 9.90 Å². The third-order valence-corrected chi connectivity index (χ3v) is 3.01.